The predicted octanol–water partition coefficient (Wildman–Crippen LogP) is 4.98. The van der Waals surface area contributed by atoms with E-state index in [4.69, 9.17) is 0 Å². The summed E-state index contributed by atoms with van der Waals surface area (Å²) in [7, 11) is 0. The minimum Gasteiger partial charge on any atom is -0.336 e. The average molecular weight is 405 g/mol. The van der Waals surface area contributed by atoms with Crippen LogP contribution in [0.1, 0.15) is 37.3 Å². The highest BCUT2D eigenvalue weighted by molar-refractivity contribution is 5.95. The molecule has 8 heteroatoms. The minimum absolute atomic E-state index is 0.0183. The summed E-state index contributed by atoms with van der Waals surface area (Å²) in [6, 6.07) is 11.4. The van der Waals surface area contributed by atoms with Crippen molar-refractivity contribution < 1.29 is 22.8 Å². The quantitative estimate of drug-likeness (QED) is 0.657. The van der Waals surface area contributed by atoms with Crippen LogP contribution in [-0.2, 0) is 11.0 Å². The Balaban J connectivity index is 1.53. The molecule has 2 atom stereocenters. The summed E-state index contributed by atoms with van der Waals surface area (Å²) in [6.07, 6.45) is -3.76. The van der Waals surface area contributed by atoms with E-state index in [9.17, 15) is 22.8 Å². The van der Waals surface area contributed by atoms with Crippen molar-refractivity contribution in [1.29, 1.82) is 0 Å². The molecule has 154 valence electrons. The van der Waals surface area contributed by atoms with Crippen LogP contribution >= 0.6 is 0 Å². The number of halogens is 3. The first kappa shape index (κ1) is 20.7. The number of carbonyl (C=O) groups excluding carboxylic acids is 2. The van der Waals surface area contributed by atoms with Gasteiger partial charge in [-0.05, 0) is 68.1 Å². The molecule has 2 aromatic rings. The van der Waals surface area contributed by atoms with Crippen molar-refractivity contribution in [3.63, 3.8) is 0 Å². The van der Waals surface area contributed by atoms with Crippen molar-refractivity contribution in [2.24, 2.45) is 5.92 Å². The van der Waals surface area contributed by atoms with Crippen LogP contribution in [-0.4, -0.2) is 18.0 Å². The Morgan fingerprint density at radius 1 is 0.931 bits per heavy atom. The van der Waals surface area contributed by atoms with Crippen molar-refractivity contribution in [2.75, 3.05) is 10.6 Å². The van der Waals surface area contributed by atoms with Crippen molar-refractivity contribution in [1.82, 2.24) is 5.32 Å². The summed E-state index contributed by atoms with van der Waals surface area (Å²) >= 11 is 0. The van der Waals surface area contributed by atoms with E-state index in [2.05, 4.69) is 16.0 Å². The fourth-order valence-corrected chi connectivity index (χ4v) is 3.07. The van der Waals surface area contributed by atoms with E-state index < -0.39 is 11.7 Å². The second-order valence-electron chi connectivity index (χ2n) is 7.39. The maximum Gasteiger partial charge on any atom is 0.416 e. The molecule has 3 amide bonds. The topological polar surface area (TPSA) is 70.2 Å². The van der Waals surface area contributed by atoms with Crippen molar-refractivity contribution in [3.8, 4) is 0 Å². The van der Waals surface area contributed by atoms with Gasteiger partial charge in [0.1, 0.15) is 0 Å². The van der Waals surface area contributed by atoms with Gasteiger partial charge in [0.2, 0.25) is 5.91 Å². The summed E-state index contributed by atoms with van der Waals surface area (Å²) in [6.45, 7) is 3.71. The molecule has 0 bridgehead atoms. The maximum absolute atomic E-state index is 12.6. The van der Waals surface area contributed by atoms with Crippen molar-refractivity contribution >= 4 is 23.3 Å². The Morgan fingerprint density at radius 2 is 1.48 bits per heavy atom. The van der Waals surface area contributed by atoms with E-state index in [1.54, 1.807) is 24.3 Å². The molecule has 0 aliphatic heterocycles. The molecule has 0 radical (unpaired) electrons. The highest BCUT2D eigenvalue weighted by Crippen LogP contribution is 2.48. The lowest BCUT2D eigenvalue weighted by Crippen LogP contribution is -2.34. The number of rotatable bonds is 5. The summed E-state index contributed by atoms with van der Waals surface area (Å²) < 4.78 is 37.9. The van der Waals surface area contributed by atoms with Gasteiger partial charge in [0.25, 0.3) is 0 Å². The van der Waals surface area contributed by atoms with Crippen molar-refractivity contribution in [3.05, 3.63) is 59.7 Å². The summed E-state index contributed by atoms with van der Waals surface area (Å²) in [5.74, 6) is -0.507. The fourth-order valence-electron chi connectivity index (χ4n) is 3.07. The van der Waals surface area contributed by atoms with Crippen LogP contribution in [0.5, 0.6) is 0 Å². The fraction of sp³-hybridized carbons (Fsp3) is 0.333. The number of amides is 3. The first-order valence-electron chi connectivity index (χ1n) is 9.29. The van der Waals surface area contributed by atoms with Gasteiger partial charge in [0.15, 0.2) is 0 Å². The van der Waals surface area contributed by atoms with E-state index in [1.807, 2.05) is 13.8 Å². The molecule has 1 aliphatic rings. The number of alkyl halides is 3. The van der Waals surface area contributed by atoms with Gasteiger partial charge < -0.3 is 16.0 Å². The molecule has 5 nitrogen and oxygen atoms in total. The average Bonchev–Trinajstić information content (AvgIpc) is 3.43. The molecular formula is C21H22F3N3O2. The molecule has 1 aliphatic carbocycles. The van der Waals surface area contributed by atoms with E-state index in [-0.39, 0.29) is 29.8 Å². The number of urea groups is 1. The van der Waals surface area contributed by atoms with Crippen LogP contribution in [0.4, 0.5) is 29.3 Å². The lowest BCUT2D eigenvalue weighted by molar-refractivity contribution is -0.137. The van der Waals surface area contributed by atoms with Crippen LogP contribution in [0.3, 0.4) is 0 Å². The number of hydrogen-bond donors (Lipinski definition) is 3. The third kappa shape index (κ3) is 5.49. The third-order valence-electron chi connectivity index (χ3n) is 4.62. The van der Waals surface area contributed by atoms with Crippen LogP contribution in [0.25, 0.3) is 0 Å². The summed E-state index contributed by atoms with van der Waals surface area (Å²) in [4.78, 5) is 24.1. The van der Waals surface area contributed by atoms with Gasteiger partial charge in [0, 0.05) is 23.3 Å². The van der Waals surface area contributed by atoms with E-state index >= 15 is 0 Å². The Bertz CT molecular complexity index is 878. The lowest BCUT2D eigenvalue weighted by atomic mass is 10.1. The Kier molecular flexibility index (Phi) is 5.81. The zero-order chi connectivity index (χ0) is 21.2. The maximum atomic E-state index is 12.6. The zero-order valence-electron chi connectivity index (χ0n) is 16.0. The molecule has 1 saturated carbocycles. The highest BCUT2D eigenvalue weighted by atomic mass is 19.4. The van der Waals surface area contributed by atoms with Gasteiger partial charge in [-0.15, -0.1) is 0 Å². The molecule has 1 fully saturated rings. The third-order valence-corrected chi connectivity index (χ3v) is 4.62. The largest absolute Gasteiger partial charge is 0.416 e. The van der Waals surface area contributed by atoms with E-state index in [0.29, 0.717) is 17.8 Å². The highest BCUT2D eigenvalue weighted by Gasteiger charge is 2.44. The van der Waals surface area contributed by atoms with E-state index in [0.717, 1.165) is 17.7 Å². The molecule has 0 saturated heterocycles. The predicted molar refractivity (Wildman–Crippen MR) is 105 cm³/mol. The molecule has 2 aromatic carbocycles. The Morgan fingerprint density at radius 3 is 2.00 bits per heavy atom. The van der Waals surface area contributed by atoms with Crippen LogP contribution in [0.2, 0.25) is 0 Å². The van der Waals surface area contributed by atoms with E-state index in [1.165, 1.54) is 12.1 Å². The van der Waals surface area contributed by atoms with Crippen LogP contribution < -0.4 is 16.0 Å². The monoisotopic (exact) mass is 405 g/mol. The first-order valence-corrected chi connectivity index (χ1v) is 9.29. The SMILES string of the molecule is CC(C)NC(=O)Nc1ccc(NC(=O)C2CC2c2ccc(C(F)(F)F)cc2)cc1. The second kappa shape index (κ2) is 8.14. The van der Waals surface area contributed by atoms with Gasteiger partial charge >= 0.3 is 12.2 Å². The van der Waals surface area contributed by atoms with Crippen molar-refractivity contribution in [2.45, 2.75) is 38.4 Å². The standard InChI is InChI=1S/C21H22F3N3O2/c1-12(2)25-20(29)27-16-9-7-15(8-10-16)26-19(28)18-11-17(18)13-3-5-14(6-4-13)21(22,23)24/h3-10,12,17-18H,11H2,1-2H3,(H,26,28)(H2,25,27,29). The van der Waals surface area contributed by atoms with Crippen LogP contribution in [0, 0.1) is 5.92 Å². The van der Waals surface area contributed by atoms with Gasteiger partial charge in [-0.25, -0.2) is 4.79 Å². The Hall–Kier alpha value is -3.03. The lowest BCUT2D eigenvalue weighted by Gasteiger charge is -2.11. The normalized spacial score (nSPS) is 18.3. The molecular weight excluding hydrogens is 383 g/mol. The van der Waals surface area contributed by atoms with Gasteiger partial charge in [-0.3, -0.25) is 4.79 Å². The first-order chi connectivity index (χ1) is 13.6. The number of anilines is 2. The second-order valence-corrected chi connectivity index (χ2v) is 7.39. The van der Waals surface area contributed by atoms with Crippen LogP contribution in [0.15, 0.2) is 48.5 Å². The van der Waals surface area contributed by atoms with Gasteiger partial charge in [-0.2, -0.15) is 13.2 Å². The summed E-state index contributed by atoms with van der Waals surface area (Å²) in [5, 5.41) is 8.21. The molecule has 3 N–H and O–H groups in total. The summed E-state index contributed by atoms with van der Waals surface area (Å²) in [5.41, 5.74) is 1.21. The van der Waals surface area contributed by atoms with Gasteiger partial charge in [0.05, 0.1) is 5.56 Å². The molecule has 29 heavy (non-hydrogen) atoms. The zero-order valence-corrected chi connectivity index (χ0v) is 16.0. The molecule has 3 rings (SSSR count). The molecule has 0 spiro atoms. The molecule has 0 aromatic heterocycles. The van der Waals surface area contributed by atoms with Gasteiger partial charge in [-0.1, -0.05) is 12.1 Å². The number of benzene rings is 2. The number of nitrogens with one attached hydrogen (secondary N) is 3. The molecule has 0 heterocycles. The Labute approximate surface area is 166 Å². The minimum atomic E-state index is -4.37. The number of hydrogen-bond acceptors (Lipinski definition) is 2. The smallest absolute Gasteiger partial charge is 0.336 e. The molecule has 2 unspecified atom stereocenters. The number of carbonyl (C=O) groups is 2.